The second-order valence-corrected chi connectivity index (χ2v) is 7.98. The molecule has 1 saturated heterocycles. The maximum absolute atomic E-state index is 11.3. The molecule has 2 aliphatic rings. The largest absolute Gasteiger partial charge is 0.497 e. The quantitative estimate of drug-likeness (QED) is 0.699. The highest BCUT2D eigenvalue weighted by atomic mass is 16.5. The number of amides is 1. The molecule has 0 atom stereocenters. The Morgan fingerprint density at radius 1 is 1.13 bits per heavy atom. The number of hydrogen-bond donors (Lipinski definition) is 1. The molecule has 1 saturated carbocycles. The van der Waals surface area contributed by atoms with Crippen molar-refractivity contribution in [2.24, 2.45) is 0 Å². The number of aromatic nitrogens is 3. The average molecular weight is 407 g/mol. The number of carbonyl (C=O) groups is 1. The molecule has 0 radical (unpaired) electrons. The maximum atomic E-state index is 11.3. The second-order valence-electron chi connectivity index (χ2n) is 7.98. The minimum atomic E-state index is -0.843. The lowest BCUT2D eigenvalue weighted by molar-refractivity contribution is 0.142. The lowest BCUT2D eigenvalue weighted by Gasteiger charge is -2.36. The summed E-state index contributed by atoms with van der Waals surface area (Å²) in [6, 6.07) is 7.98. The Morgan fingerprint density at radius 2 is 1.87 bits per heavy atom. The predicted molar refractivity (Wildman–Crippen MR) is 113 cm³/mol. The third-order valence-electron chi connectivity index (χ3n) is 6.04. The van der Waals surface area contributed by atoms with Crippen LogP contribution in [0.4, 0.5) is 10.5 Å². The summed E-state index contributed by atoms with van der Waals surface area (Å²) in [6.45, 7) is 3.05. The molecular weight excluding hydrogens is 382 g/mol. The van der Waals surface area contributed by atoms with Crippen molar-refractivity contribution < 1.29 is 14.6 Å². The Labute approximate surface area is 174 Å². The zero-order valence-electron chi connectivity index (χ0n) is 17.0. The molecule has 3 heterocycles. The number of carboxylic acid groups (broad SMARTS) is 1. The molecule has 0 bridgehead atoms. The monoisotopic (exact) mass is 407 g/mol. The van der Waals surface area contributed by atoms with Crippen LogP contribution in [-0.4, -0.2) is 64.2 Å². The van der Waals surface area contributed by atoms with Crippen LogP contribution in [-0.2, 0) is 6.54 Å². The SMILES string of the molecule is COc1ccc(Cn2ncc3c(N4CCN(C(=O)O)CC4)c(C4CC4)cnc32)cc1. The van der Waals surface area contributed by atoms with Crippen molar-refractivity contribution in [3.8, 4) is 5.75 Å². The van der Waals surface area contributed by atoms with E-state index >= 15 is 0 Å². The van der Waals surface area contributed by atoms with Crippen LogP contribution in [0.3, 0.4) is 0 Å². The minimum absolute atomic E-state index is 0.517. The maximum Gasteiger partial charge on any atom is 0.407 e. The molecule has 0 unspecified atom stereocenters. The standard InChI is InChI=1S/C22H25N5O3/c1-30-17-6-2-15(3-7-17)14-27-21-19(13-24-27)20(18(12-23-21)16-4-5-16)25-8-10-26(11-9-25)22(28)29/h2-3,6-7,12-13,16H,4-5,8-11,14H2,1H3,(H,28,29). The lowest BCUT2D eigenvalue weighted by Crippen LogP contribution is -2.48. The highest BCUT2D eigenvalue weighted by Gasteiger charge is 2.32. The summed E-state index contributed by atoms with van der Waals surface area (Å²) in [7, 11) is 1.66. The van der Waals surface area contributed by atoms with Gasteiger partial charge in [-0.1, -0.05) is 12.1 Å². The van der Waals surface area contributed by atoms with E-state index in [1.807, 2.05) is 41.3 Å². The van der Waals surface area contributed by atoms with Crippen LogP contribution in [0.15, 0.2) is 36.7 Å². The molecule has 5 rings (SSSR count). The Bertz CT molecular complexity index is 1070. The van der Waals surface area contributed by atoms with Gasteiger partial charge in [-0.15, -0.1) is 0 Å². The van der Waals surface area contributed by atoms with Gasteiger partial charge in [0.05, 0.1) is 30.9 Å². The summed E-state index contributed by atoms with van der Waals surface area (Å²) in [6.07, 6.45) is 5.45. The van der Waals surface area contributed by atoms with Crippen molar-refractivity contribution in [1.29, 1.82) is 0 Å². The summed E-state index contributed by atoms with van der Waals surface area (Å²) < 4.78 is 7.18. The first-order valence-electron chi connectivity index (χ1n) is 10.3. The zero-order chi connectivity index (χ0) is 20.7. The summed E-state index contributed by atoms with van der Waals surface area (Å²) in [4.78, 5) is 19.9. The van der Waals surface area contributed by atoms with Gasteiger partial charge in [-0.25, -0.2) is 14.5 Å². The zero-order valence-corrected chi connectivity index (χ0v) is 17.0. The Kier molecular flexibility index (Phi) is 4.69. The van der Waals surface area contributed by atoms with Crippen molar-refractivity contribution in [3.05, 3.63) is 47.8 Å². The molecule has 1 aromatic carbocycles. The van der Waals surface area contributed by atoms with Gasteiger partial charge in [0.1, 0.15) is 5.75 Å². The number of rotatable bonds is 5. The molecule has 2 aromatic heterocycles. The molecule has 1 amide bonds. The first-order chi connectivity index (χ1) is 14.6. The Hall–Kier alpha value is -3.29. The van der Waals surface area contributed by atoms with Gasteiger partial charge in [-0.05, 0) is 42.0 Å². The van der Waals surface area contributed by atoms with Gasteiger partial charge in [0.15, 0.2) is 5.65 Å². The summed E-state index contributed by atoms with van der Waals surface area (Å²) in [5, 5.41) is 15.0. The molecule has 1 N–H and O–H groups in total. The van der Waals surface area contributed by atoms with E-state index in [1.165, 1.54) is 29.0 Å². The number of nitrogens with zero attached hydrogens (tertiary/aromatic N) is 5. The number of anilines is 1. The van der Waals surface area contributed by atoms with Crippen molar-refractivity contribution in [3.63, 3.8) is 0 Å². The van der Waals surface area contributed by atoms with Crippen molar-refractivity contribution in [2.45, 2.75) is 25.3 Å². The van der Waals surface area contributed by atoms with E-state index in [-0.39, 0.29) is 0 Å². The van der Waals surface area contributed by atoms with Gasteiger partial charge >= 0.3 is 6.09 Å². The van der Waals surface area contributed by atoms with E-state index in [0.717, 1.165) is 22.3 Å². The molecule has 0 spiro atoms. The smallest absolute Gasteiger partial charge is 0.407 e. The highest BCUT2D eigenvalue weighted by molar-refractivity contribution is 5.92. The first-order valence-corrected chi connectivity index (χ1v) is 10.3. The van der Waals surface area contributed by atoms with Crippen LogP contribution in [0, 0.1) is 0 Å². The van der Waals surface area contributed by atoms with Gasteiger partial charge in [0.25, 0.3) is 0 Å². The molecule has 8 heteroatoms. The van der Waals surface area contributed by atoms with Crippen LogP contribution < -0.4 is 9.64 Å². The fraction of sp³-hybridized carbons (Fsp3) is 0.409. The topological polar surface area (TPSA) is 83.7 Å². The fourth-order valence-corrected chi connectivity index (χ4v) is 4.22. The molecule has 2 fully saturated rings. The van der Waals surface area contributed by atoms with E-state index in [9.17, 15) is 9.90 Å². The molecule has 30 heavy (non-hydrogen) atoms. The Balaban J connectivity index is 1.48. The van der Waals surface area contributed by atoms with E-state index in [1.54, 1.807) is 7.11 Å². The van der Waals surface area contributed by atoms with Gasteiger partial charge in [0.2, 0.25) is 0 Å². The van der Waals surface area contributed by atoms with Crippen LogP contribution in [0.2, 0.25) is 0 Å². The molecular formula is C22H25N5O3. The lowest BCUT2D eigenvalue weighted by atomic mass is 10.1. The van der Waals surface area contributed by atoms with Crippen LogP contribution in [0.1, 0.15) is 29.9 Å². The number of piperazine rings is 1. The molecule has 3 aromatic rings. The number of hydrogen-bond acceptors (Lipinski definition) is 5. The number of ether oxygens (including phenoxy) is 1. The van der Waals surface area contributed by atoms with E-state index < -0.39 is 6.09 Å². The molecule has 156 valence electrons. The van der Waals surface area contributed by atoms with Gasteiger partial charge < -0.3 is 19.6 Å². The summed E-state index contributed by atoms with van der Waals surface area (Å²) in [5.74, 6) is 1.39. The van der Waals surface area contributed by atoms with Crippen molar-refractivity contribution in [2.75, 3.05) is 38.2 Å². The molecule has 8 nitrogen and oxygen atoms in total. The summed E-state index contributed by atoms with van der Waals surface area (Å²) in [5.41, 5.74) is 4.46. The third-order valence-corrected chi connectivity index (χ3v) is 6.04. The number of pyridine rings is 1. The van der Waals surface area contributed by atoms with Gasteiger partial charge in [-0.3, -0.25) is 0 Å². The second kappa shape index (κ2) is 7.51. The Morgan fingerprint density at radius 3 is 2.50 bits per heavy atom. The number of benzene rings is 1. The first kappa shape index (κ1) is 18.7. The molecule has 1 aliphatic carbocycles. The van der Waals surface area contributed by atoms with Gasteiger partial charge in [0, 0.05) is 32.4 Å². The summed E-state index contributed by atoms with van der Waals surface area (Å²) >= 11 is 0. The van der Waals surface area contributed by atoms with Gasteiger partial charge in [-0.2, -0.15) is 5.10 Å². The predicted octanol–water partition coefficient (Wildman–Crippen LogP) is 3.17. The van der Waals surface area contributed by atoms with Crippen molar-refractivity contribution in [1.82, 2.24) is 19.7 Å². The normalized spacial score (nSPS) is 16.8. The van der Waals surface area contributed by atoms with E-state index in [2.05, 4.69) is 10.00 Å². The van der Waals surface area contributed by atoms with Crippen LogP contribution in [0.25, 0.3) is 11.0 Å². The van der Waals surface area contributed by atoms with Crippen LogP contribution in [0.5, 0.6) is 5.75 Å². The highest BCUT2D eigenvalue weighted by Crippen LogP contribution is 2.46. The van der Waals surface area contributed by atoms with E-state index in [4.69, 9.17) is 9.72 Å². The number of methoxy groups -OCH3 is 1. The average Bonchev–Trinajstić information content (AvgIpc) is 3.55. The van der Waals surface area contributed by atoms with Crippen molar-refractivity contribution >= 4 is 22.8 Å². The fourth-order valence-electron chi connectivity index (χ4n) is 4.22. The minimum Gasteiger partial charge on any atom is -0.497 e. The third kappa shape index (κ3) is 3.42. The van der Waals surface area contributed by atoms with E-state index in [0.29, 0.717) is 38.6 Å². The van der Waals surface area contributed by atoms with Crippen LogP contribution >= 0.6 is 0 Å². The number of fused-ring (bicyclic) bond motifs is 1. The molecule has 1 aliphatic heterocycles.